The van der Waals surface area contributed by atoms with E-state index >= 15 is 0 Å². The standard InChI is InChI=1S/C21H27N3O5S/c25-30-28-15-18(16-29-30)17-3-5-19(6-4-17)26-13-2-14-27-20-7-11-24(12-8-20)21-22-9-1-10-23-21/h1,3-6,9-10,18,20H,2,7-8,11-16H2. The highest BCUT2D eigenvalue weighted by molar-refractivity contribution is 7.75. The molecule has 30 heavy (non-hydrogen) atoms. The maximum absolute atomic E-state index is 11.1. The number of benzene rings is 1. The molecule has 0 bridgehead atoms. The summed E-state index contributed by atoms with van der Waals surface area (Å²) in [5, 5.41) is 0. The van der Waals surface area contributed by atoms with Crippen LogP contribution in [0.5, 0.6) is 5.75 Å². The van der Waals surface area contributed by atoms with Gasteiger partial charge in [0.1, 0.15) is 5.75 Å². The molecule has 0 spiro atoms. The Kier molecular flexibility index (Phi) is 7.63. The lowest BCUT2D eigenvalue weighted by molar-refractivity contribution is 0.0305. The van der Waals surface area contributed by atoms with Gasteiger partial charge < -0.3 is 14.4 Å². The Balaban J connectivity index is 1.10. The van der Waals surface area contributed by atoms with Crippen LogP contribution in [0.4, 0.5) is 5.95 Å². The molecule has 0 radical (unpaired) electrons. The number of nitrogens with zero attached hydrogens (tertiary/aromatic N) is 3. The van der Waals surface area contributed by atoms with Crippen molar-refractivity contribution in [3.8, 4) is 5.75 Å². The summed E-state index contributed by atoms with van der Waals surface area (Å²) in [4.78, 5) is 10.8. The lowest BCUT2D eigenvalue weighted by Crippen LogP contribution is -2.38. The minimum absolute atomic E-state index is 0.102. The van der Waals surface area contributed by atoms with E-state index in [0.717, 1.165) is 49.6 Å². The second-order valence-corrected chi connectivity index (χ2v) is 8.23. The molecular weight excluding hydrogens is 406 g/mol. The first-order valence-corrected chi connectivity index (χ1v) is 11.3. The van der Waals surface area contributed by atoms with Crippen LogP contribution < -0.4 is 9.64 Å². The van der Waals surface area contributed by atoms with Gasteiger partial charge in [0.15, 0.2) is 0 Å². The van der Waals surface area contributed by atoms with E-state index < -0.39 is 11.4 Å². The van der Waals surface area contributed by atoms with E-state index in [1.807, 2.05) is 30.3 Å². The van der Waals surface area contributed by atoms with Crippen molar-refractivity contribution in [3.63, 3.8) is 0 Å². The normalized spacial score (nSPS) is 22.7. The van der Waals surface area contributed by atoms with Crippen molar-refractivity contribution in [1.29, 1.82) is 0 Å². The Morgan fingerprint density at radius 3 is 2.43 bits per heavy atom. The van der Waals surface area contributed by atoms with Crippen LogP contribution >= 0.6 is 0 Å². The molecule has 0 aliphatic carbocycles. The van der Waals surface area contributed by atoms with Gasteiger partial charge in [-0.05, 0) is 36.6 Å². The molecule has 162 valence electrons. The second-order valence-electron chi connectivity index (χ2n) is 7.35. The molecule has 0 saturated carbocycles. The summed E-state index contributed by atoms with van der Waals surface area (Å²) in [7, 11) is 0. The number of rotatable bonds is 8. The van der Waals surface area contributed by atoms with Crippen molar-refractivity contribution in [2.45, 2.75) is 31.3 Å². The Labute approximate surface area is 179 Å². The molecule has 1 aromatic carbocycles. The van der Waals surface area contributed by atoms with Crippen LogP contribution in [0.2, 0.25) is 0 Å². The van der Waals surface area contributed by atoms with Gasteiger partial charge in [0.05, 0.1) is 32.5 Å². The summed E-state index contributed by atoms with van der Waals surface area (Å²) < 4.78 is 33.0. The minimum atomic E-state index is -1.60. The average Bonchev–Trinajstić information content (AvgIpc) is 2.81. The van der Waals surface area contributed by atoms with Gasteiger partial charge >= 0.3 is 11.4 Å². The molecule has 2 aliphatic rings. The minimum Gasteiger partial charge on any atom is -0.494 e. The van der Waals surface area contributed by atoms with Gasteiger partial charge in [-0.2, -0.15) is 4.21 Å². The lowest BCUT2D eigenvalue weighted by Gasteiger charge is -2.31. The Morgan fingerprint density at radius 2 is 1.73 bits per heavy atom. The molecular formula is C21H27N3O5S. The quantitative estimate of drug-likeness (QED) is 0.588. The highest BCUT2D eigenvalue weighted by atomic mass is 32.2. The number of hydrogen-bond donors (Lipinski definition) is 0. The third-order valence-electron chi connectivity index (χ3n) is 5.27. The smallest absolute Gasteiger partial charge is 0.304 e. The second kappa shape index (κ2) is 10.8. The maximum Gasteiger partial charge on any atom is 0.304 e. The van der Waals surface area contributed by atoms with Crippen molar-refractivity contribution in [2.75, 3.05) is 44.4 Å². The molecule has 2 saturated heterocycles. The van der Waals surface area contributed by atoms with Gasteiger partial charge in [-0.1, -0.05) is 12.1 Å². The van der Waals surface area contributed by atoms with Crippen LogP contribution in [-0.4, -0.2) is 59.8 Å². The van der Waals surface area contributed by atoms with Crippen molar-refractivity contribution < 1.29 is 22.0 Å². The predicted molar refractivity (Wildman–Crippen MR) is 113 cm³/mol. The van der Waals surface area contributed by atoms with Crippen LogP contribution in [0.3, 0.4) is 0 Å². The highest BCUT2D eigenvalue weighted by Crippen LogP contribution is 2.24. The topological polar surface area (TPSA) is 83.0 Å². The summed E-state index contributed by atoms with van der Waals surface area (Å²) in [6.07, 6.45) is 6.67. The fraction of sp³-hybridized carbons (Fsp3) is 0.524. The van der Waals surface area contributed by atoms with Crippen molar-refractivity contribution >= 4 is 17.3 Å². The van der Waals surface area contributed by atoms with E-state index in [4.69, 9.17) is 17.8 Å². The Morgan fingerprint density at radius 1 is 1.03 bits per heavy atom. The molecule has 2 aromatic rings. The largest absolute Gasteiger partial charge is 0.494 e. The van der Waals surface area contributed by atoms with Crippen molar-refractivity contribution in [3.05, 3.63) is 48.3 Å². The molecule has 3 heterocycles. The molecule has 0 unspecified atom stereocenters. The van der Waals surface area contributed by atoms with Crippen LogP contribution in [0.25, 0.3) is 0 Å². The molecule has 2 fully saturated rings. The van der Waals surface area contributed by atoms with Crippen molar-refractivity contribution in [2.24, 2.45) is 0 Å². The van der Waals surface area contributed by atoms with Gasteiger partial charge in [0, 0.05) is 37.8 Å². The average molecular weight is 434 g/mol. The van der Waals surface area contributed by atoms with Crippen molar-refractivity contribution in [1.82, 2.24) is 9.97 Å². The third-order valence-corrected chi connectivity index (χ3v) is 5.93. The molecule has 0 amide bonds. The number of hydrogen-bond acceptors (Lipinski definition) is 8. The molecule has 1 aromatic heterocycles. The summed E-state index contributed by atoms with van der Waals surface area (Å²) in [5.74, 6) is 1.73. The number of anilines is 1. The fourth-order valence-electron chi connectivity index (χ4n) is 3.56. The van der Waals surface area contributed by atoms with Gasteiger partial charge in [-0.15, -0.1) is 0 Å². The molecule has 0 atom stereocenters. The SMILES string of the molecule is O=S1OCC(c2ccc(OCCCOC3CCN(c4ncccn4)CC3)cc2)CO1. The number of piperidine rings is 1. The summed E-state index contributed by atoms with van der Waals surface area (Å²) in [5.41, 5.74) is 1.09. The molecule has 4 rings (SSSR count). The van der Waals surface area contributed by atoms with Gasteiger partial charge in [0.2, 0.25) is 5.95 Å². The zero-order valence-electron chi connectivity index (χ0n) is 16.9. The number of ether oxygens (including phenoxy) is 2. The number of aromatic nitrogens is 2. The zero-order chi connectivity index (χ0) is 20.6. The predicted octanol–water partition coefficient (Wildman–Crippen LogP) is 2.64. The van der Waals surface area contributed by atoms with E-state index in [0.29, 0.717) is 32.5 Å². The summed E-state index contributed by atoms with van der Waals surface area (Å²) in [6.45, 7) is 3.96. The van der Waals surface area contributed by atoms with E-state index in [9.17, 15) is 4.21 Å². The van der Waals surface area contributed by atoms with E-state index in [1.165, 1.54) is 0 Å². The molecule has 9 heteroatoms. The van der Waals surface area contributed by atoms with Crippen LogP contribution in [0.1, 0.15) is 30.7 Å². The first-order valence-electron chi connectivity index (χ1n) is 10.3. The van der Waals surface area contributed by atoms with E-state index in [2.05, 4.69) is 14.9 Å². The molecule has 0 N–H and O–H groups in total. The first-order chi connectivity index (χ1) is 14.8. The Bertz CT molecular complexity index is 790. The van der Waals surface area contributed by atoms with Gasteiger partial charge in [-0.25, -0.2) is 9.97 Å². The van der Waals surface area contributed by atoms with Gasteiger partial charge in [-0.3, -0.25) is 8.37 Å². The first kappa shape index (κ1) is 21.2. The Hall–Kier alpha value is -2.07. The highest BCUT2D eigenvalue weighted by Gasteiger charge is 2.22. The van der Waals surface area contributed by atoms with E-state index in [1.54, 1.807) is 12.4 Å². The zero-order valence-corrected chi connectivity index (χ0v) is 17.7. The molecule has 8 nitrogen and oxygen atoms in total. The lowest BCUT2D eigenvalue weighted by atomic mass is 10.0. The summed E-state index contributed by atoms with van der Waals surface area (Å²) >= 11 is -1.60. The maximum atomic E-state index is 11.1. The fourth-order valence-corrected chi connectivity index (χ4v) is 4.18. The van der Waals surface area contributed by atoms with Crippen LogP contribution in [0, 0.1) is 0 Å². The van der Waals surface area contributed by atoms with Gasteiger partial charge in [0.25, 0.3) is 0 Å². The summed E-state index contributed by atoms with van der Waals surface area (Å²) in [6, 6.07) is 9.73. The van der Waals surface area contributed by atoms with Crippen LogP contribution in [0.15, 0.2) is 42.7 Å². The van der Waals surface area contributed by atoms with E-state index in [-0.39, 0.29) is 5.92 Å². The monoisotopic (exact) mass is 433 g/mol. The molecule has 2 aliphatic heterocycles. The van der Waals surface area contributed by atoms with Crippen LogP contribution in [-0.2, 0) is 24.5 Å². The third kappa shape index (κ3) is 5.98.